The minimum Gasteiger partial charge on any atom is -0.456 e. The van der Waals surface area contributed by atoms with Gasteiger partial charge in [0.15, 0.2) is 17.5 Å². The van der Waals surface area contributed by atoms with Crippen molar-refractivity contribution >= 4 is 42.5 Å². The van der Waals surface area contributed by atoms with Gasteiger partial charge in [-0.2, -0.15) is 0 Å². The molecule has 0 radical (unpaired) electrons. The quantitative estimate of drug-likeness (QED) is 0.169. The van der Waals surface area contributed by atoms with Crippen molar-refractivity contribution in [1.82, 2.24) is 15.0 Å². The van der Waals surface area contributed by atoms with Crippen LogP contribution in [0.1, 0.15) is 22.3 Å². The van der Waals surface area contributed by atoms with Crippen molar-refractivity contribution in [3.05, 3.63) is 222 Å². The second kappa shape index (κ2) is 13.3. The van der Waals surface area contributed by atoms with Crippen LogP contribution in [0.5, 0.6) is 0 Å². The molecule has 4 nitrogen and oxygen atoms in total. The maximum absolute atomic E-state index is 6.23. The van der Waals surface area contributed by atoms with E-state index in [1.54, 1.807) is 11.3 Å². The average molecular weight is 772 g/mol. The van der Waals surface area contributed by atoms with Crippen LogP contribution in [0.25, 0.3) is 87.8 Å². The Balaban J connectivity index is 1.10. The summed E-state index contributed by atoms with van der Waals surface area (Å²) in [4.78, 5) is 16.1. The lowest BCUT2D eigenvalue weighted by Crippen LogP contribution is -2.28. The maximum Gasteiger partial charge on any atom is 0.165 e. The second-order valence-electron chi connectivity index (χ2n) is 15.1. The van der Waals surface area contributed by atoms with Gasteiger partial charge >= 0.3 is 0 Å². The predicted molar refractivity (Wildman–Crippen MR) is 242 cm³/mol. The summed E-state index contributed by atoms with van der Waals surface area (Å²) in [6.07, 6.45) is 0. The van der Waals surface area contributed by atoms with Crippen LogP contribution in [0.2, 0.25) is 0 Å². The first-order valence-corrected chi connectivity index (χ1v) is 20.7. The van der Waals surface area contributed by atoms with Gasteiger partial charge in [0.25, 0.3) is 0 Å². The van der Waals surface area contributed by atoms with Crippen molar-refractivity contribution in [3.8, 4) is 56.6 Å². The molecule has 0 saturated carbocycles. The minimum absolute atomic E-state index is 0.543. The van der Waals surface area contributed by atoms with Crippen LogP contribution in [-0.4, -0.2) is 15.0 Å². The summed E-state index contributed by atoms with van der Waals surface area (Å²) >= 11 is 1.78. The van der Waals surface area contributed by atoms with Gasteiger partial charge in [-0.05, 0) is 57.6 Å². The Morgan fingerprint density at radius 1 is 0.424 bits per heavy atom. The van der Waals surface area contributed by atoms with Gasteiger partial charge in [0.05, 0.1) is 5.41 Å². The molecule has 276 valence electrons. The number of hydrogen-bond acceptors (Lipinski definition) is 5. The van der Waals surface area contributed by atoms with Crippen LogP contribution in [0, 0.1) is 0 Å². The van der Waals surface area contributed by atoms with Gasteiger partial charge in [-0.3, -0.25) is 0 Å². The summed E-state index contributed by atoms with van der Waals surface area (Å²) < 4.78 is 8.63. The molecule has 1 aliphatic carbocycles. The first-order valence-electron chi connectivity index (χ1n) is 19.8. The topological polar surface area (TPSA) is 51.8 Å². The summed E-state index contributed by atoms with van der Waals surface area (Å²) in [6, 6.07) is 70.8. The molecule has 0 unspecified atom stereocenters. The number of rotatable bonds is 6. The van der Waals surface area contributed by atoms with Gasteiger partial charge in [-0.15, -0.1) is 11.3 Å². The van der Waals surface area contributed by atoms with E-state index in [2.05, 4.69) is 182 Å². The highest BCUT2D eigenvalue weighted by Gasteiger charge is 2.47. The maximum atomic E-state index is 6.23. The van der Waals surface area contributed by atoms with E-state index in [1.807, 2.05) is 18.2 Å². The van der Waals surface area contributed by atoms with E-state index in [0.29, 0.717) is 17.5 Å². The lowest BCUT2D eigenvalue weighted by Gasteiger charge is -2.33. The Hall–Kier alpha value is -7.47. The summed E-state index contributed by atoms with van der Waals surface area (Å²) in [6.45, 7) is 0. The smallest absolute Gasteiger partial charge is 0.165 e. The summed E-state index contributed by atoms with van der Waals surface area (Å²) in [5, 5.41) is 3.52. The third kappa shape index (κ3) is 5.18. The van der Waals surface area contributed by atoms with Gasteiger partial charge in [0, 0.05) is 47.8 Å². The van der Waals surface area contributed by atoms with E-state index in [1.165, 1.54) is 43.3 Å². The van der Waals surface area contributed by atoms with E-state index < -0.39 is 5.41 Å². The standard InChI is InChI=1S/C54H33N3OS/c1-3-16-37(17-4-1)54(38-18-5-2-6-19-38)44-25-10-8-21-41(44)49-42(23-14-26-45(49)54)52-55-51(35-31-29-34(30-32-35)47-33-36-15-7-11-27-46(36)58-47)56-53(57-52)43-24-13-22-40-39-20-9-12-28-48(39)59-50(40)43/h1-33H. The van der Waals surface area contributed by atoms with Gasteiger partial charge in [0.2, 0.25) is 0 Å². The molecule has 0 atom stereocenters. The largest absolute Gasteiger partial charge is 0.456 e. The number of hydrogen-bond donors (Lipinski definition) is 0. The Morgan fingerprint density at radius 2 is 1.00 bits per heavy atom. The van der Waals surface area contributed by atoms with Crippen molar-refractivity contribution in [3.63, 3.8) is 0 Å². The predicted octanol–water partition coefficient (Wildman–Crippen LogP) is 14.0. The fourth-order valence-electron chi connectivity index (χ4n) is 9.26. The molecule has 59 heavy (non-hydrogen) atoms. The lowest BCUT2D eigenvalue weighted by atomic mass is 9.67. The lowest BCUT2D eigenvalue weighted by molar-refractivity contribution is 0.631. The number of nitrogens with zero attached hydrogens (tertiary/aromatic N) is 3. The second-order valence-corrected chi connectivity index (χ2v) is 16.1. The van der Waals surface area contributed by atoms with Crippen LogP contribution in [-0.2, 0) is 5.41 Å². The van der Waals surface area contributed by atoms with Crippen molar-refractivity contribution in [2.24, 2.45) is 0 Å². The Bertz CT molecular complexity index is 3310. The SMILES string of the molecule is c1ccc(C2(c3ccccc3)c3ccccc3-c3c(-c4nc(-c5ccc(-c6cc7ccccc7o6)cc5)nc(-c5cccc6c5sc5ccccc56)n4)cccc32)cc1. The number of furan rings is 1. The van der Waals surface area contributed by atoms with Gasteiger partial charge in [-0.1, -0.05) is 176 Å². The van der Waals surface area contributed by atoms with Crippen LogP contribution < -0.4 is 0 Å². The number of benzene rings is 8. The molecular formula is C54H33N3OS. The Kier molecular flexibility index (Phi) is 7.59. The molecule has 5 heteroatoms. The monoisotopic (exact) mass is 771 g/mol. The zero-order chi connectivity index (χ0) is 38.9. The van der Waals surface area contributed by atoms with Crippen molar-refractivity contribution < 1.29 is 4.42 Å². The number of para-hydroxylation sites is 1. The highest BCUT2D eigenvalue weighted by atomic mass is 32.1. The van der Waals surface area contributed by atoms with E-state index in [0.717, 1.165) is 49.2 Å². The van der Waals surface area contributed by atoms with Crippen molar-refractivity contribution in [2.75, 3.05) is 0 Å². The molecular weight excluding hydrogens is 739 g/mol. The third-order valence-corrected chi connectivity index (χ3v) is 13.1. The molecule has 3 aromatic heterocycles. The van der Waals surface area contributed by atoms with Gasteiger partial charge in [0.1, 0.15) is 11.3 Å². The van der Waals surface area contributed by atoms with E-state index in [9.17, 15) is 0 Å². The average Bonchev–Trinajstić information content (AvgIpc) is 4.01. The first kappa shape index (κ1) is 33.6. The van der Waals surface area contributed by atoms with E-state index >= 15 is 0 Å². The van der Waals surface area contributed by atoms with E-state index in [-0.39, 0.29) is 0 Å². The number of fused-ring (bicyclic) bond motifs is 7. The molecule has 11 aromatic rings. The Labute approximate surface area is 344 Å². The van der Waals surface area contributed by atoms with Crippen molar-refractivity contribution in [1.29, 1.82) is 0 Å². The molecule has 1 aliphatic rings. The Morgan fingerprint density at radius 3 is 1.80 bits per heavy atom. The zero-order valence-corrected chi connectivity index (χ0v) is 32.5. The van der Waals surface area contributed by atoms with Gasteiger partial charge in [-0.25, -0.2) is 15.0 Å². The van der Waals surface area contributed by atoms with Crippen LogP contribution in [0.4, 0.5) is 0 Å². The van der Waals surface area contributed by atoms with Crippen LogP contribution in [0.15, 0.2) is 205 Å². The van der Waals surface area contributed by atoms with Crippen LogP contribution in [0.3, 0.4) is 0 Å². The number of aromatic nitrogens is 3. The molecule has 0 saturated heterocycles. The molecule has 3 heterocycles. The van der Waals surface area contributed by atoms with Crippen LogP contribution >= 0.6 is 11.3 Å². The summed E-state index contributed by atoms with van der Waals surface area (Å²) in [7, 11) is 0. The summed E-state index contributed by atoms with van der Waals surface area (Å²) in [5.41, 5.74) is 11.4. The molecule has 0 bridgehead atoms. The zero-order valence-electron chi connectivity index (χ0n) is 31.7. The molecule has 0 N–H and O–H groups in total. The normalized spacial score (nSPS) is 12.9. The highest BCUT2D eigenvalue weighted by molar-refractivity contribution is 7.26. The summed E-state index contributed by atoms with van der Waals surface area (Å²) in [5.74, 6) is 2.71. The fraction of sp³-hybridized carbons (Fsp3) is 0.0185. The molecule has 8 aromatic carbocycles. The minimum atomic E-state index is -0.543. The molecule has 12 rings (SSSR count). The fourth-order valence-corrected chi connectivity index (χ4v) is 10.5. The van der Waals surface area contributed by atoms with Gasteiger partial charge < -0.3 is 4.42 Å². The molecule has 0 aliphatic heterocycles. The molecule has 0 spiro atoms. The van der Waals surface area contributed by atoms with E-state index in [4.69, 9.17) is 19.4 Å². The molecule has 0 fully saturated rings. The third-order valence-electron chi connectivity index (χ3n) is 11.9. The molecule has 0 amide bonds. The highest BCUT2D eigenvalue weighted by Crippen LogP contribution is 2.58. The number of thiophene rings is 1. The first-order chi connectivity index (χ1) is 29.2. The van der Waals surface area contributed by atoms with Crippen molar-refractivity contribution in [2.45, 2.75) is 5.41 Å².